The van der Waals surface area contributed by atoms with E-state index in [0.29, 0.717) is 6.54 Å². The summed E-state index contributed by atoms with van der Waals surface area (Å²) in [6, 6.07) is 0. The van der Waals surface area contributed by atoms with Crippen LogP contribution in [0.2, 0.25) is 0 Å². The highest BCUT2D eigenvalue weighted by atomic mass is 16.5. The van der Waals surface area contributed by atoms with E-state index in [9.17, 15) is 0 Å². The summed E-state index contributed by atoms with van der Waals surface area (Å²) >= 11 is 0. The topological polar surface area (TPSA) is 64.0 Å². The standard InChI is InChI=1S/C14H29N5O/c1-13(2,16-6)7-8-20-14(3,4)11-19-10-12(9-15-5)17-18-19/h10,15-16H,7-9,11H2,1-6H3. The van der Waals surface area contributed by atoms with Crippen molar-refractivity contribution < 1.29 is 4.74 Å². The molecule has 0 bridgehead atoms. The Kier molecular flexibility index (Phi) is 6.10. The minimum atomic E-state index is -0.256. The molecule has 1 aromatic heterocycles. The molecule has 2 N–H and O–H groups in total. The Hall–Kier alpha value is -0.980. The zero-order valence-corrected chi connectivity index (χ0v) is 13.7. The lowest BCUT2D eigenvalue weighted by Crippen LogP contribution is -2.39. The molecule has 0 aromatic carbocycles. The molecule has 0 unspecified atom stereocenters. The summed E-state index contributed by atoms with van der Waals surface area (Å²) in [4.78, 5) is 0. The Morgan fingerprint density at radius 1 is 1.25 bits per heavy atom. The first-order valence-corrected chi connectivity index (χ1v) is 7.14. The molecule has 0 spiro atoms. The SMILES string of the molecule is CNCc1cn(CC(C)(C)OCCC(C)(C)NC)nn1. The summed E-state index contributed by atoms with van der Waals surface area (Å²) in [5.74, 6) is 0. The lowest BCUT2D eigenvalue weighted by Gasteiger charge is -2.29. The molecule has 0 saturated carbocycles. The molecule has 0 aliphatic rings. The predicted octanol–water partition coefficient (Wildman–Crippen LogP) is 1.18. The van der Waals surface area contributed by atoms with E-state index >= 15 is 0 Å². The first-order valence-electron chi connectivity index (χ1n) is 7.14. The summed E-state index contributed by atoms with van der Waals surface area (Å²) < 4.78 is 7.84. The van der Waals surface area contributed by atoms with Gasteiger partial charge < -0.3 is 15.4 Å². The summed E-state index contributed by atoms with van der Waals surface area (Å²) in [6.07, 6.45) is 2.93. The molecule has 1 aromatic rings. The number of rotatable bonds is 9. The van der Waals surface area contributed by atoms with Crippen LogP contribution in [0.5, 0.6) is 0 Å². The highest BCUT2D eigenvalue weighted by Crippen LogP contribution is 2.15. The van der Waals surface area contributed by atoms with E-state index in [0.717, 1.165) is 25.3 Å². The van der Waals surface area contributed by atoms with E-state index in [1.165, 1.54) is 0 Å². The maximum atomic E-state index is 6.00. The number of nitrogens with zero attached hydrogens (tertiary/aromatic N) is 3. The lowest BCUT2D eigenvalue weighted by molar-refractivity contribution is -0.0385. The molecule has 0 aliphatic heterocycles. The van der Waals surface area contributed by atoms with Crippen molar-refractivity contribution in [2.75, 3.05) is 20.7 Å². The van der Waals surface area contributed by atoms with Crippen LogP contribution < -0.4 is 10.6 Å². The van der Waals surface area contributed by atoms with Crippen LogP contribution in [0.15, 0.2) is 6.20 Å². The Morgan fingerprint density at radius 2 is 1.95 bits per heavy atom. The van der Waals surface area contributed by atoms with Gasteiger partial charge in [0, 0.05) is 24.9 Å². The average Bonchev–Trinajstić information content (AvgIpc) is 2.75. The third-order valence-electron chi connectivity index (χ3n) is 3.38. The third kappa shape index (κ3) is 5.98. The molecule has 0 radical (unpaired) electrons. The van der Waals surface area contributed by atoms with Crippen molar-refractivity contribution in [1.82, 2.24) is 25.6 Å². The normalized spacial score (nSPS) is 12.9. The Balaban J connectivity index is 2.43. The fourth-order valence-corrected chi connectivity index (χ4v) is 1.82. The molecule has 6 nitrogen and oxygen atoms in total. The molecule has 1 heterocycles. The minimum absolute atomic E-state index is 0.100. The maximum Gasteiger partial charge on any atom is 0.0964 e. The predicted molar refractivity (Wildman–Crippen MR) is 80.6 cm³/mol. The minimum Gasteiger partial charge on any atom is -0.374 e. The molecule has 20 heavy (non-hydrogen) atoms. The van der Waals surface area contributed by atoms with Crippen LogP contribution in [0.4, 0.5) is 0 Å². The summed E-state index contributed by atoms with van der Waals surface area (Å²) in [5.41, 5.74) is 0.789. The van der Waals surface area contributed by atoms with Crippen LogP contribution in [-0.2, 0) is 17.8 Å². The van der Waals surface area contributed by atoms with Gasteiger partial charge in [-0.05, 0) is 48.2 Å². The average molecular weight is 283 g/mol. The Morgan fingerprint density at radius 3 is 2.55 bits per heavy atom. The van der Waals surface area contributed by atoms with Gasteiger partial charge in [-0.2, -0.15) is 0 Å². The zero-order chi connectivity index (χ0) is 15.2. The Labute approximate surface area is 122 Å². The van der Waals surface area contributed by atoms with Crippen LogP contribution in [0.3, 0.4) is 0 Å². The fourth-order valence-electron chi connectivity index (χ4n) is 1.82. The van der Waals surface area contributed by atoms with Gasteiger partial charge in [-0.1, -0.05) is 5.21 Å². The van der Waals surface area contributed by atoms with E-state index in [1.807, 2.05) is 25.0 Å². The van der Waals surface area contributed by atoms with E-state index in [2.05, 4.69) is 48.6 Å². The van der Waals surface area contributed by atoms with Crippen LogP contribution in [0, 0.1) is 0 Å². The number of hydrogen-bond donors (Lipinski definition) is 2. The van der Waals surface area contributed by atoms with Gasteiger partial charge >= 0.3 is 0 Å². The number of aromatic nitrogens is 3. The van der Waals surface area contributed by atoms with Crippen molar-refractivity contribution in [3.05, 3.63) is 11.9 Å². The molecule has 0 saturated heterocycles. The van der Waals surface area contributed by atoms with E-state index in [-0.39, 0.29) is 11.1 Å². The van der Waals surface area contributed by atoms with E-state index in [4.69, 9.17) is 4.74 Å². The maximum absolute atomic E-state index is 6.00. The van der Waals surface area contributed by atoms with Gasteiger partial charge in [-0.15, -0.1) is 5.10 Å². The number of nitrogens with one attached hydrogen (secondary N) is 2. The van der Waals surface area contributed by atoms with Crippen molar-refractivity contribution in [2.45, 2.75) is 58.3 Å². The van der Waals surface area contributed by atoms with E-state index < -0.39 is 0 Å². The van der Waals surface area contributed by atoms with Gasteiger partial charge in [0.15, 0.2) is 0 Å². The summed E-state index contributed by atoms with van der Waals surface area (Å²) in [5, 5.41) is 14.6. The first-order chi connectivity index (χ1) is 9.28. The first kappa shape index (κ1) is 17.1. The zero-order valence-electron chi connectivity index (χ0n) is 13.7. The number of ether oxygens (including phenoxy) is 1. The van der Waals surface area contributed by atoms with Crippen LogP contribution in [-0.4, -0.2) is 46.8 Å². The van der Waals surface area contributed by atoms with Gasteiger partial charge in [0.05, 0.1) is 17.8 Å². The molecule has 0 fully saturated rings. The van der Waals surface area contributed by atoms with Crippen molar-refractivity contribution in [2.24, 2.45) is 0 Å². The molecule has 1 rings (SSSR count). The molecule has 0 amide bonds. The van der Waals surface area contributed by atoms with Gasteiger partial charge in [0.1, 0.15) is 0 Å². The van der Waals surface area contributed by atoms with Crippen LogP contribution in [0.25, 0.3) is 0 Å². The summed E-state index contributed by atoms with van der Waals surface area (Å²) in [6.45, 7) is 10.7. The smallest absolute Gasteiger partial charge is 0.0964 e. The van der Waals surface area contributed by atoms with E-state index in [1.54, 1.807) is 0 Å². The highest BCUT2D eigenvalue weighted by Gasteiger charge is 2.22. The summed E-state index contributed by atoms with van der Waals surface area (Å²) in [7, 11) is 3.87. The highest BCUT2D eigenvalue weighted by molar-refractivity contribution is 4.92. The third-order valence-corrected chi connectivity index (χ3v) is 3.38. The quantitative estimate of drug-likeness (QED) is 0.712. The molecule has 6 heteroatoms. The fraction of sp³-hybridized carbons (Fsp3) is 0.857. The van der Waals surface area contributed by atoms with Gasteiger partial charge in [-0.3, -0.25) is 0 Å². The van der Waals surface area contributed by atoms with Gasteiger partial charge in [0.25, 0.3) is 0 Å². The second kappa shape index (κ2) is 7.15. The monoisotopic (exact) mass is 283 g/mol. The van der Waals surface area contributed by atoms with Crippen molar-refractivity contribution >= 4 is 0 Å². The molecule has 0 aliphatic carbocycles. The number of hydrogen-bond acceptors (Lipinski definition) is 5. The lowest BCUT2D eigenvalue weighted by atomic mass is 10.0. The largest absolute Gasteiger partial charge is 0.374 e. The molecule has 116 valence electrons. The van der Waals surface area contributed by atoms with Crippen molar-refractivity contribution in [3.63, 3.8) is 0 Å². The van der Waals surface area contributed by atoms with Gasteiger partial charge in [-0.25, -0.2) is 4.68 Å². The van der Waals surface area contributed by atoms with Crippen LogP contribution >= 0.6 is 0 Å². The second-order valence-electron chi connectivity index (χ2n) is 6.43. The van der Waals surface area contributed by atoms with Gasteiger partial charge in [0.2, 0.25) is 0 Å². The molecular weight excluding hydrogens is 254 g/mol. The van der Waals surface area contributed by atoms with Crippen LogP contribution in [0.1, 0.15) is 39.8 Å². The molecule has 0 atom stereocenters. The second-order valence-corrected chi connectivity index (χ2v) is 6.43. The Bertz CT molecular complexity index is 400. The van der Waals surface area contributed by atoms with Crippen molar-refractivity contribution in [1.29, 1.82) is 0 Å². The van der Waals surface area contributed by atoms with Crippen molar-refractivity contribution in [3.8, 4) is 0 Å². The molecular formula is C14H29N5O.